The lowest BCUT2D eigenvalue weighted by atomic mass is 10.4. The van der Waals surface area contributed by atoms with E-state index in [4.69, 9.17) is 13.6 Å². The van der Waals surface area contributed by atoms with Gasteiger partial charge in [0.25, 0.3) is 0 Å². The molecule has 0 saturated carbocycles. The van der Waals surface area contributed by atoms with Gasteiger partial charge in [0, 0.05) is 19.3 Å². The van der Waals surface area contributed by atoms with E-state index in [2.05, 4.69) is 13.8 Å². The van der Waals surface area contributed by atoms with Crippen molar-refractivity contribution in [3.63, 3.8) is 0 Å². The van der Waals surface area contributed by atoms with Gasteiger partial charge in [-0.2, -0.15) is 0 Å². The number of rotatable bonds is 13. The minimum absolute atomic E-state index is 0.274. The fraction of sp³-hybridized carbons (Fsp3) is 0.800. The highest BCUT2D eigenvalue weighted by molar-refractivity contribution is 6.44. The largest absolute Gasteiger partial charge is 0.463 e. The monoisotopic (exact) mass is 302 g/mol. The number of unbranched alkanes of at least 4 members (excludes halogenated alkanes) is 2. The summed E-state index contributed by atoms with van der Waals surface area (Å²) >= 11 is 0. The van der Waals surface area contributed by atoms with Crippen molar-refractivity contribution in [2.45, 2.75) is 58.9 Å². The molecule has 0 spiro atoms. The molecule has 0 amide bonds. The second kappa shape index (κ2) is 14.7. The molecule has 118 valence electrons. The van der Waals surface area contributed by atoms with Crippen LogP contribution in [0.4, 0.5) is 0 Å². The Kier molecular flexibility index (Phi) is 14.3. The molecule has 5 heteroatoms. The number of hydrogen-bond donors (Lipinski definition) is 0. The Morgan fingerprint density at radius 1 is 1.00 bits per heavy atom. The molecule has 0 aliphatic rings. The highest BCUT2D eigenvalue weighted by Gasteiger charge is 2.13. The van der Waals surface area contributed by atoms with E-state index >= 15 is 0 Å². The quantitative estimate of drug-likeness (QED) is 0.226. The molecule has 0 saturated heterocycles. The molecule has 0 atom stereocenters. The van der Waals surface area contributed by atoms with E-state index in [0.29, 0.717) is 6.61 Å². The molecule has 0 aliphatic carbocycles. The molecule has 0 aromatic heterocycles. The molecule has 4 nitrogen and oxygen atoms in total. The summed E-state index contributed by atoms with van der Waals surface area (Å²) in [5, 5.41) is 0. The summed E-state index contributed by atoms with van der Waals surface area (Å²) in [5.41, 5.74) is 0. The predicted molar refractivity (Wildman–Crippen MR) is 84.1 cm³/mol. The molecular formula is C15H30O4Si. The molecule has 0 aliphatic heterocycles. The van der Waals surface area contributed by atoms with Crippen LogP contribution in [0, 0.1) is 0 Å². The minimum atomic E-state index is -1.59. The number of allylic oxidation sites excluding steroid dienone is 1. The lowest BCUT2D eigenvalue weighted by Gasteiger charge is -2.16. The molecule has 0 fully saturated rings. The van der Waals surface area contributed by atoms with Crippen molar-refractivity contribution in [1.82, 2.24) is 0 Å². The zero-order valence-electron chi connectivity index (χ0n) is 13.2. The van der Waals surface area contributed by atoms with Crippen molar-refractivity contribution in [3.05, 3.63) is 12.2 Å². The highest BCUT2D eigenvalue weighted by atomic mass is 28.3. The summed E-state index contributed by atoms with van der Waals surface area (Å²) < 4.78 is 16.8. The van der Waals surface area contributed by atoms with Gasteiger partial charge in [0.1, 0.15) is 0 Å². The standard InChI is InChI=1S/C15H30O4Si/c1-4-7-12-18-20(19-13-8-5-2)14-9-11-17-15(16)10-6-3/h6,10,20H,4-5,7-9,11-14H2,1-3H3. The number of ether oxygens (including phenoxy) is 1. The third kappa shape index (κ3) is 12.4. The second-order valence-electron chi connectivity index (χ2n) is 4.69. The van der Waals surface area contributed by atoms with Crippen LogP contribution in [0.15, 0.2) is 12.2 Å². The second-order valence-corrected chi connectivity index (χ2v) is 6.79. The molecule has 20 heavy (non-hydrogen) atoms. The smallest absolute Gasteiger partial charge is 0.330 e. The third-order valence-corrected chi connectivity index (χ3v) is 4.83. The van der Waals surface area contributed by atoms with Crippen molar-refractivity contribution < 1.29 is 18.4 Å². The maximum Gasteiger partial charge on any atom is 0.330 e. The fourth-order valence-corrected chi connectivity index (χ4v) is 3.33. The molecule has 0 aromatic carbocycles. The number of hydrogen-bond acceptors (Lipinski definition) is 4. The topological polar surface area (TPSA) is 44.8 Å². The van der Waals surface area contributed by atoms with Crippen LogP contribution in [0.25, 0.3) is 0 Å². The lowest BCUT2D eigenvalue weighted by Crippen LogP contribution is -2.24. The van der Waals surface area contributed by atoms with E-state index in [1.807, 2.05) is 0 Å². The first-order valence-electron chi connectivity index (χ1n) is 7.77. The normalized spacial score (nSPS) is 11.4. The van der Waals surface area contributed by atoms with E-state index in [1.54, 1.807) is 13.0 Å². The van der Waals surface area contributed by atoms with Crippen LogP contribution < -0.4 is 0 Å². The summed E-state index contributed by atoms with van der Waals surface area (Å²) in [4.78, 5) is 11.1. The summed E-state index contributed by atoms with van der Waals surface area (Å²) in [5.74, 6) is -0.274. The van der Waals surface area contributed by atoms with Gasteiger partial charge >= 0.3 is 15.3 Å². The Balaban J connectivity index is 3.79. The van der Waals surface area contributed by atoms with Crippen LogP contribution in [0.2, 0.25) is 6.04 Å². The average molecular weight is 302 g/mol. The molecule has 0 radical (unpaired) electrons. The molecule has 0 rings (SSSR count). The van der Waals surface area contributed by atoms with E-state index in [9.17, 15) is 4.79 Å². The van der Waals surface area contributed by atoms with Crippen LogP contribution in [0.5, 0.6) is 0 Å². The summed E-state index contributed by atoms with van der Waals surface area (Å²) in [6.07, 6.45) is 8.37. The van der Waals surface area contributed by atoms with Gasteiger partial charge in [0.05, 0.1) is 6.61 Å². The number of carbonyl (C=O) groups excluding carboxylic acids is 1. The lowest BCUT2D eigenvalue weighted by molar-refractivity contribution is -0.137. The van der Waals surface area contributed by atoms with Crippen LogP contribution in [0.3, 0.4) is 0 Å². The SMILES string of the molecule is CC=CC(=O)OCCC[SiH](OCCCC)OCCCC. The Labute approximate surface area is 125 Å². The van der Waals surface area contributed by atoms with Crippen molar-refractivity contribution >= 4 is 15.3 Å². The van der Waals surface area contributed by atoms with Crippen LogP contribution >= 0.6 is 0 Å². The van der Waals surface area contributed by atoms with Gasteiger partial charge in [0.2, 0.25) is 0 Å². The van der Waals surface area contributed by atoms with E-state index in [1.165, 1.54) is 6.08 Å². The summed E-state index contributed by atoms with van der Waals surface area (Å²) in [7, 11) is -1.59. The summed E-state index contributed by atoms with van der Waals surface area (Å²) in [6.45, 7) is 8.13. The van der Waals surface area contributed by atoms with E-state index in [-0.39, 0.29) is 5.97 Å². The van der Waals surface area contributed by atoms with Gasteiger partial charge in [-0.3, -0.25) is 0 Å². The molecular weight excluding hydrogens is 272 g/mol. The first kappa shape index (κ1) is 19.3. The van der Waals surface area contributed by atoms with Crippen molar-refractivity contribution in [1.29, 1.82) is 0 Å². The van der Waals surface area contributed by atoms with Crippen LogP contribution in [-0.2, 0) is 18.4 Å². The first-order valence-corrected chi connectivity index (χ1v) is 9.53. The van der Waals surface area contributed by atoms with Gasteiger partial charge in [-0.25, -0.2) is 4.79 Å². The first-order chi connectivity index (χ1) is 9.74. The maximum atomic E-state index is 11.1. The van der Waals surface area contributed by atoms with Crippen molar-refractivity contribution in [2.75, 3.05) is 19.8 Å². The average Bonchev–Trinajstić information content (AvgIpc) is 2.43. The minimum Gasteiger partial charge on any atom is -0.463 e. The fourth-order valence-electron chi connectivity index (χ4n) is 1.54. The Morgan fingerprint density at radius 3 is 2.10 bits per heavy atom. The van der Waals surface area contributed by atoms with Gasteiger partial charge < -0.3 is 13.6 Å². The van der Waals surface area contributed by atoms with E-state index < -0.39 is 9.28 Å². The number of carbonyl (C=O) groups is 1. The predicted octanol–water partition coefficient (Wildman–Crippen LogP) is 3.35. The zero-order chi connectivity index (χ0) is 15.1. The van der Waals surface area contributed by atoms with Crippen molar-refractivity contribution in [2.24, 2.45) is 0 Å². The molecule has 0 unspecified atom stereocenters. The van der Waals surface area contributed by atoms with Gasteiger partial charge in [0.15, 0.2) is 0 Å². The van der Waals surface area contributed by atoms with E-state index in [0.717, 1.165) is 51.4 Å². The van der Waals surface area contributed by atoms with Crippen molar-refractivity contribution in [3.8, 4) is 0 Å². The third-order valence-electron chi connectivity index (χ3n) is 2.73. The maximum absolute atomic E-state index is 11.1. The zero-order valence-corrected chi connectivity index (χ0v) is 14.4. The van der Waals surface area contributed by atoms with Gasteiger partial charge in [-0.15, -0.1) is 0 Å². The molecule has 0 aromatic rings. The molecule has 0 N–H and O–H groups in total. The Bertz CT molecular complexity index is 246. The van der Waals surface area contributed by atoms with Crippen LogP contribution in [0.1, 0.15) is 52.9 Å². The van der Waals surface area contributed by atoms with Gasteiger partial charge in [-0.05, 0) is 32.2 Å². The Hall–Kier alpha value is -0.653. The number of esters is 1. The summed E-state index contributed by atoms with van der Waals surface area (Å²) in [6, 6.07) is 0.899. The van der Waals surface area contributed by atoms with Crippen LogP contribution in [-0.4, -0.2) is 35.1 Å². The highest BCUT2D eigenvalue weighted by Crippen LogP contribution is 2.05. The molecule has 0 heterocycles. The van der Waals surface area contributed by atoms with Gasteiger partial charge in [-0.1, -0.05) is 32.8 Å². The molecule has 0 bridgehead atoms. The Morgan fingerprint density at radius 2 is 1.60 bits per heavy atom.